The molecule has 0 aliphatic carbocycles. The number of nitrogens with two attached hydrogens (primary N) is 1. The Bertz CT molecular complexity index is 450. The van der Waals surface area contributed by atoms with Crippen molar-refractivity contribution in [2.45, 2.75) is 12.4 Å². The molecule has 19 heavy (non-hydrogen) atoms. The fraction of sp³-hybridized carbons (Fsp3) is 0.222. The SMILES string of the molecule is NNC(=S)Nc1c(C(F)(F)F)cccc1C(F)(F)F. The fourth-order valence-corrected chi connectivity index (χ4v) is 1.41. The first-order valence-corrected chi connectivity index (χ1v) is 5.03. The molecule has 10 heteroatoms. The van der Waals surface area contributed by atoms with E-state index in [1.54, 1.807) is 10.7 Å². The van der Waals surface area contributed by atoms with Crippen molar-refractivity contribution in [3.8, 4) is 0 Å². The molecule has 0 aromatic heterocycles. The van der Waals surface area contributed by atoms with Crippen LogP contribution in [0.2, 0.25) is 0 Å². The van der Waals surface area contributed by atoms with Gasteiger partial charge in [-0.25, -0.2) is 5.84 Å². The molecule has 0 saturated carbocycles. The summed E-state index contributed by atoms with van der Waals surface area (Å²) in [6, 6.07) is 1.68. The van der Waals surface area contributed by atoms with E-state index >= 15 is 0 Å². The predicted molar refractivity (Wildman–Crippen MR) is 60.0 cm³/mol. The number of hydrazine groups is 1. The van der Waals surface area contributed by atoms with E-state index in [0.717, 1.165) is 0 Å². The average molecular weight is 303 g/mol. The Morgan fingerprint density at radius 1 is 1.00 bits per heavy atom. The Hall–Kier alpha value is -1.55. The van der Waals surface area contributed by atoms with E-state index in [2.05, 4.69) is 12.2 Å². The number of nitrogens with one attached hydrogen (secondary N) is 2. The molecule has 0 heterocycles. The molecular weight excluding hydrogens is 296 g/mol. The largest absolute Gasteiger partial charge is 0.418 e. The first kappa shape index (κ1) is 15.5. The molecule has 0 radical (unpaired) electrons. The van der Waals surface area contributed by atoms with Crippen molar-refractivity contribution in [2.24, 2.45) is 5.84 Å². The van der Waals surface area contributed by atoms with Crippen molar-refractivity contribution in [3.63, 3.8) is 0 Å². The summed E-state index contributed by atoms with van der Waals surface area (Å²) in [4.78, 5) is 0. The maximum absolute atomic E-state index is 12.7. The van der Waals surface area contributed by atoms with Gasteiger partial charge < -0.3 is 10.7 Å². The number of alkyl halides is 6. The topological polar surface area (TPSA) is 50.1 Å². The van der Waals surface area contributed by atoms with Crippen LogP contribution < -0.4 is 16.6 Å². The molecule has 0 unspecified atom stereocenters. The highest BCUT2D eigenvalue weighted by molar-refractivity contribution is 7.80. The standard InChI is InChI=1S/C9H7F6N3S/c10-8(11,12)4-2-1-3-5(9(13,14)15)6(4)17-7(19)18-16/h1-3H,16H2,(H2,17,18,19). The van der Waals surface area contributed by atoms with Gasteiger partial charge in [0.25, 0.3) is 0 Å². The zero-order valence-corrected chi connectivity index (χ0v) is 9.80. The maximum Gasteiger partial charge on any atom is 0.418 e. The summed E-state index contributed by atoms with van der Waals surface area (Å²) >= 11 is 4.42. The minimum absolute atomic E-state index is 0.511. The van der Waals surface area contributed by atoms with Gasteiger partial charge >= 0.3 is 12.4 Å². The lowest BCUT2D eigenvalue weighted by Crippen LogP contribution is -2.35. The Morgan fingerprint density at radius 3 is 1.74 bits per heavy atom. The normalized spacial score (nSPS) is 12.2. The third kappa shape index (κ3) is 3.70. The molecule has 4 N–H and O–H groups in total. The second-order valence-corrected chi connectivity index (χ2v) is 3.73. The highest BCUT2D eigenvalue weighted by Crippen LogP contribution is 2.42. The van der Waals surface area contributed by atoms with E-state index in [9.17, 15) is 26.3 Å². The molecule has 0 saturated heterocycles. The van der Waals surface area contributed by atoms with Crippen LogP contribution in [-0.4, -0.2) is 5.11 Å². The average Bonchev–Trinajstić information content (AvgIpc) is 2.26. The molecule has 1 rings (SSSR count). The van der Waals surface area contributed by atoms with E-state index in [-0.39, 0.29) is 0 Å². The van der Waals surface area contributed by atoms with Crippen LogP contribution in [0.1, 0.15) is 11.1 Å². The molecule has 0 aliphatic heterocycles. The third-order valence-corrected chi connectivity index (χ3v) is 2.26. The molecule has 0 bridgehead atoms. The Balaban J connectivity index is 3.45. The van der Waals surface area contributed by atoms with Gasteiger partial charge in [-0.05, 0) is 24.4 Å². The molecule has 1 aromatic carbocycles. The monoisotopic (exact) mass is 303 g/mol. The molecular formula is C9H7F6N3S. The van der Waals surface area contributed by atoms with E-state index in [1.807, 2.05) is 0 Å². The quantitative estimate of drug-likeness (QED) is 0.323. The van der Waals surface area contributed by atoms with E-state index in [4.69, 9.17) is 5.84 Å². The van der Waals surface area contributed by atoms with Crippen molar-refractivity contribution in [1.29, 1.82) is 0 Å². The second kappa shape index (κ2) is 5.21. The lowest BCUT2D eigenvalue weighted by atomic mass is 10.1. The summed E-state index contributed by atoms with van der Waals surface area (Å²) in [5.74, 6) is 4.82. The van der Waals surface area contributed by atoms with Gasteiger partial charge in [-0.1, -0.05) is 6.07 Å². The summed E-state index contributed by atoms with van der Waals surface area (Å²) in [7, 11) is 0. The number of halogens is 6. The highest BCUT2D eigenvalue weighted by atomic mass is 32.1. The smallest absolute Gasteiger partial charge is 0.331 e. The number of para-hydroxylation sites is 1. The van der Waals surface area contributed by atoms with E-state index < -0.39 is 34.3 Å². The van der Waals surface area contributed by atoms with Gasteiger partial charge in [-0.15, -0.1) is 0 Å². The number of thiocarbonyl (C=S) groups is 1. The Morgan fingerprint density at radius 2 is 1.42 bits per heavy atom. The van der Waals surface area contributed by atoms with Gasteiger partial charge in [-0.3, -0.25) is 0 Å². The van der Waals surface area contributed by atoms with Crippen molar-refractivity contribution < 1.29 is 26.3 Å². The van der Waals surface area contributed by atoms with Gasteiger partial charge in [0.1, 0.15) is 0 Å². The van der Waals surface area contributed by atoms with Crippen LogP contribution in [0, 0.1) is 0 Å². The number of rotatable bonds is 1. The molecule has 106 valence electrons. The van der Waals surface area contributed by atoms with Crippen molar-refractivity contribution in [3.05, 3.63) is 29.3 Å². The van der Waals surface area contributed by atoms with Crippen LogP contribution in [-0.2, 0) is 12.4 Å². The summed E-state index contributed by atoms with van der Waals surface area (Å²) in [5.41, 5.74) is -2.41. The van der Waals surface area contributed by atoms with Crippen LogP contribution in [0.4, 0.5) is 32.0 Å². The maximum atomic E-state index is 12.7. The second-order valence-electron chi connectivity index (χ2n) is 3.32. The van der Waals surface area contributed by atoms with Crippen LogP contribution in [0.5, 0.6) is 0 Å². The molecule has 3 nitrogen and oxygen atoms in total. The fourth-order valence-electron chi connectivity index (χ4n) is 1.31. The molecule has 0 spiro atoms. The number of hydrogen-bond donors (Lipinski definition) is 3. The van der Waals surface area contributed by atoms with Crippen molar-refractivity contribution in [1.82, 2.24) is 5.43 Å². The molecule has 0 aliphatic rings. The number of anilines is 1. The molecule has 0 amide bonds. The number of hydrogen-bond acceptors (Lipinski definition) is 2. The van der Waals surface area contributed by atoms with Crippen LogP contribution in [0.15, 0.2) is 18.2 Å². The van der Waals surface area contributed by atoms with Crippen LogP contribution in [0.25, 0.3) is 0 Å². The van der Waals surface area contributed by atoms with Crippen molar-refractivity contribution in [2.75, 3.05) is 5.32 Å². The minimum atomic E-state index is -4.96. The van der Waals surface area contributed by atoms with Gasteiger partial charge in [0.05, 0.1) is 16.8 Å². The van der Waals surface area contributed by atoms with E-state index in [1.165, 1.54) is 0 Å². The van der Waals surface area contributed by atoms with Crippen molar-refractivity contribution >= 4 is 23.0 Å². The van der Waals surface area contributed by atoms with Gasteiger partial charge in [0, 0.05) is 0 Å². The highest BCUT2D eigenvalue weighted by Gasteiger charge is 2.40. The lowest BCUT2D eigenvalue weighted by molar-refractivity contribution is -0.141. The predicted octanol–water partition coefficient (Wildman–Crippen LogP) is 2.88. The summed E-state index contributed by atoms with van der Waals surface area (Å²) in [6.07, 6.45) is -9.93. The Labute approximate surface area is 108 Å². The minimum Gasteiger partial charge on any atom is -0.331 e. The van der Waals surface area contributed by atoms with Crippen LogP contribution >= 0.6 is 12.2 Å². The van der Waals surface area contributed by atoms with Gasteiger partial charge in [-0.2, -0.15) is 26.3 Å². The zero-order valence-electron chi connectivity index (χ0n) is 8.99. The summed E-state index contributed by atoms with van der Waals surface area (Å²) in [6.45, 7) is 0. The summed E-state index contributed by atoms with van der Waals surface area (Å²) in [5, 5.41) is 1.23. The zero-order chi connectivity index (χ0) is 14.8. The first-order valence-electron chi connectivity index (χ1n) is 4.62. The van der Waals surface area contributed by atoms with E-state index in [0.29, 0.717) is 18.2 Å². The first-order chi connectivity index (χ1) is 8.57. The Kier molecular flexibility index (Phi) is 4.25. The lowest BCUT2D eigenvalue weighted by Gasteiger charge is -2.19. The van der Waals surface area contributed by atoms with Crippen LogP contribution in [0.3, 0.4) is 0 Å². The van der Waals surface area contributed by atoms with Gasteiger partial charge in [0.15, 0.2) is 5.11 Å². The van der Waals surface area contributed by atoms with Gasteiger partial charge in [0.2, 0.25) is 0 Å². The molecule has 0 fully saturated rings. The molecule has 0 atom stereocenters. The molecule has 1 aromatic rings. The number of benzene rings is 1. The third-order valence-electron chi connectivity index (χ3n) is 2.04. The summed E-state index contributed by atoms with van der Waals surface area (Å²) < 4.78 is 76.0.